The number of carbonyl (C=O) groups excluding carboxylic acids is 1. The third-order valence-electron chi connectivity index (χ3n) is 2.91. The van der Waals surface area contributed by atoms with E-state index in [0.29, 0.717) is 17.3 Å². The molecule has 0 aliphatic heterocycles. The average Bonchev–Trinajstić information content (AvgIpc) is 3.03. The van der Waals surface area contributed by atoms with Crippen LogP contribution in [-0.2, 0) is 4.79 Å². The van der Waals surface area contributed by atoms with Gasteiger partial charge in [0.25, 0.3) is 0 Å². The predicted octanol–water partition coefficient (Wildman–Crippen LogP) is 3.50. The normalized spacial score (nSPS) is 11.0. The second-order valence-corrected chi connectivity index (χ2v) is 6.09. The molecule has 108 valence electrons. The maximum atomic E-state index is 13.1. The summed E-state index contributed by atoms with van der Waals surface area (Å²) in [7, 11) is 0. The summed E-state index contributed by atoms with van der Waals surface area (Å²) in [5.74, 6) is 0.615. The Balaban J connectivity index is 2.06. The van der Waals surface area contributed by atoms with Crippen molar-refractivity contribution in [1.82, 2.24) is 9.38 Å². The highest BCUT2D eigenvalue weighted by atomic mass is 32.2. The molecule has 2 aromatic heterocycles. The van der Waals surface area contributed by atoms with E-state index >= 15 is 0 Å². The molecule has 1 aromatic carbocycles. The molecule has 0 fully saturated rings. The number of thioether (sulfide) groups is 1. The summed E-state index contributed by atoms with van der Waals surface area (Å²) in [6.45, 7) is 0. The summed E-state index contributed by atoms with van der Waals surface area (Å²) in [6, 6.07) is 6.09. The molecule has 2 heterocycles. The number of anilines is 1. The summed E-state index contributed by atoms with van der Waals surface area (Å²) in [4.78, 5) is 17.2. The van der Waals surface area contributed by atoms with E-state index in [-0.39, 0.29) is 11.7 Å². The molecule has 1 N–H and O–H groups in total. The fourth-order valence-electron chi connectivity index (χ4n) is 2.01. The van der Waals surface area contributed by atoms with E-state index in [0.717, 1.165) is 10.5 Å². The quantitative estimate of drug-likeness (QED) is 0.800. The van der Waals surface area contributed by atoms with Gasteiger partial charge in [-0.2, -0.15) is 11.8 Å². The van der Waals surface area contributed by atoms with E-state index in [1.165, 1.54) is 35.2 Å². The summed E-state index contributed by atoms with van der Waals surface area (Å²) < 4.78 is 14.9. The lowest BCUT2D eigenvalue weighted by molar-refractivity contribution is -0.113. The zero-order chi connectivity index (χ0) is 14.8. The monoisotopic (exact) mass is 321 g/mol. The van der Waals surface area contributed by atoms with Gasteiger partial charge in [-0.05, 0) is 30.5 Å². The molecule has 0 saturated carbocycles. The highest BCUT2D eigenvalue weighted by Crippen LogP contribution is 2.30. The number of benzene rings is 1. The molecule has 3 aromatic rings. The molecule has 1 amide bonds. The van der Waals surface area contributed by atoms with Gasteiger partial charge in [-0.25, -0.2) is 9.37 Å². The Labute approximate surface area is 129 Å². The Morgan fingerprint density at radius 2 is 2.19 bits per heavy atom. The Kier molecular flexibility index (Phi) is 3.94. The summed E-state index contributed by atoms with van der Waals surface area (Å²) in [6.07, 6.45) is 3.73. The second kappa shape index (κ2) is 5.87. The van der Waals surface area contributed by atoms with Crippen LogP contribution < -0.4 is 5.32 Å². The van der Waals surface area contributed by atoms with Crippen molar-refractivity contribution >= 4 is 39.8 Å². The van der Waals surface area contributed by atoms with Crippen LogP contribution in [0.4, 0.5) is 10.2 Å². The average molecular weight is 321 g/mol. The molecule has 0 aliphatic rings. The van der Waals surface area contributed by atoms with Gasteiger partial charge < -0.3 is 5.32 Å². The molecule has 0 spiro atoms. The number of carbonyl (C=O) groups is 1. The van der Waals surface area contributed by atoms with E-state index in [1.807, 2.05) is 22.2 Å². The summed E-state index contributed by atoms with van der Waals surface area (Å²) in [5.41, 5.74) is 1.42. The van der Waals surface area contributed by atoms with Gasteiger partial charge >= 0.3 is 0 Å². The van der Waals surface area contributed by atoms with Crippen LogP contribution in [0, 0.1) is 5.82 Å². The summed E-state index contributed by atoms with van der Waals surface area (Å²) in [5, 5.41) is 4.79. The lowest BCUT2D eigenvalue weighted by atomic mass is 10.1. The Morgan fingerprint density at radius 1 is 1.43 bits per heavy atom. The van der Waals surface area contributed by atoms with E-state index in [1.54, 1.807) is 12.1 Å². The van der Waals surface area contributed by atoms with Gasteiger partial charge in [0, 0.05) is 17.1 Å². The highest BCUT2D eigenvalue weighted by molar-refractivity contribution is 7.99. The summed E-state index contributed by atoms with van der Waals surface area (Å²) >= 11 is 2.94. The highest BCUT2D eigenvalue weighted by Gasteiger charge is 2.17. The molecular weight excluding hydrogens is 309 g/mol. The fourth-order valence-corrected chi connectivity index (χ4v) is 3.06. The van der Waals surface area contributed by atoms with Crippen LogP contribution in [-0.4, -0.2) is 27.3 Å². The van der Waals surface area contributed by atoms with Gasteiger partial charge in [-0.3, -0.25) is 9.20 Å². The Morgan fingerprint density at radius 3 is 2.90 bits per heavy atom. The van der Waals surface area contributed by atoms with Gasteiger partial charge in [0.2, 0.25) is 5.91 Å². The van der Waals surface area contributed by atoms with Crippen molar-refractivity contribution in [1.29, 1.82) is 0 Å². The SMILES string of the molecule is CSCC(=O)Nc1c(-c2ccc(F)cc2)nc2sccn12. The molecular formula is C14H12FN3OS2. The number of thiazole rings is 1. The molecule has 21 heavy (non-hydrogen) atoms. The van der Waals surface area contributed by atoms with Crippen LogP contribution in [0.25, 0.3) is 16.2 Å². The van der Waals surface area contributed by atoms with Crippen molar-refractivity contribution in [3.8, 4) is 11.3 Å². The first-order valence-corrected chi connectivity index (χ1v) is 8.46. The van der Waals surface area contributed by atoms with Gasteiger partial charge in [0.15, 0.2) is 4.96 Å². The second-order valence-electron chi connectivity index (χ2n) is 4.35. The minimum Gasteiger partial charge on any atom is -0.309 e. The van der Waals surface area contributed by atoms with Crippen molar-refractivity contribution in [2.75, 3.05) is 17.3 Å². The van der Waals surface area contributed by atoms with Crippen LogP contribution in [0.5, 0.6) is 0 Å². The lowest BCUT2D eigenvalue weighted by Crippen LogP contribution is -2.15. The van der Waals surface area contributed by atoms with Crippen LogP contribution in [0.15, 0.2) is 35.8 Å². The number of fused-ring (bicyclic) bond motifs is 1. The van der Waals surface area contributed by atoms with Crippen LogP contribution in [0.2, 0.25) is 0 Å². The molecule has 4 nitrogen and oxygen atoms in total. The molecule has 0 radical (unpaired) electrons. The number of nitrogens with zero attached hydrogens (tertiary/aromatic N) is 2. The standard InChI is InChI=1S/C14H12FN3OS2/c1-20-8-11(19)16-13-12(9-2-4-10(15)5-3-9)17-14-18(13)6-7-21-14/h2-7H,8H2,1H3,(H,16,19). The van der Waals surface area contributed by atoms with Gasteiger partial charge in [0.1, 0.15) is 17.3 Å². The van der Waals surface area contributed by atoms with E-state index < -0.39 is 0 Å². The minimum absolute atomic E-state index is 0.0844. The zero-order valence-corrected chi connectivity index (χ0v) is 12.8. The first kappa shape index (κ1) is 14.1. The topological polar surface area (TPSA) is 46.4 Å². The largest absolute Gasteiger partial charge is 0.309 e. The number of rotatable bonds is 4. The first-order valence-electron chi connectivity index (χ1n) is 6.19. The van der Waals surface area contributed by atoms with E-state index in [9.17, 15) is 9.18 Å². The molecule has 0 unspecified atom stereocenters. The zero-order valence-electron chi connectivity index (χ0n) is 11.2. The number of halogens is 1. The molecule has 0 aliphatic carbocycles. The molecule has 0 atom stereocenters. The smallest absolute Gasteiger partial charge is 0.235 e. The van der Waals surface area contributed by atoms with Crippen LogP contribution in [0.1, 0.15) is 0 Å². The van der Waals surface area contributed by atoms with Crippen molar-refractivity contribution in [3.63, 3.8) is 0 Å². The third-order valence-corrected chi connectivity index (χ3v) is 4.22. The van der Waals surface area contributed by atoms with Crippen molar-refractivity contribution in [2.45, 2.75) is 0 Å². The number of imidazole rings is 1. The third kappa shape index (κ3) is 2.79. The number of aromatic nitrogens is 2. The molecule has 0 bridgehead atoms. The van der Waals surface area contributed by atoms with E-state index in [2.05, 4.69) is 10.3 Å². The molecule has 3 rings (SSSR count). The first-order chi connectivity index (χ1) is 10.2. The van der Waals surface area contributed by atoms with Crippen LogP contribution in [0.3, 0.4) is 0 Å². The number of hydrogen-bond donors (Lipinski definition) is 1. The van der Waals surface area contributed by atoms with Crippen LogP contribution >= 0.6 is 23.1 Å². The maximum Gasteiger partial charge on any atom is 0.235 e. The predicted molar refractivity (Wildman–Crippen MR) is 85.5 cm³/mol. The maximum absolute atomic E-state index is 13.1. The number of hydrogen-bond acceptors (Lipinski definition) is 4. The van der Waals surface area contributed by atoms with Gasteiger partial charge in [-0.1, -0.05) is 0 Å². The van der Waals surface area contributed by atoms with Crippen molar-refractivity contribution < 1.29 is 9.18 Å². The lowest BCUT2D eigenvalue weighted by Gasteiger charge is -2.06. The van der Waals surface area contributed by atoms with E-state index in [4.69, 9.17) is 0 Å². The van der Waals surface area contributed by atoms with Gasteiger partial charge in [-0.15, -0.1) is 11.3 Å². The molecule has 0 saturated heterocycles. The fraction of sp³-hybridized carbons (Fsp3) is 0.143. The van der Waals surface area contributed by atoms with Crippen molar-refractivity contribution in [3.05, 3.63) is 41.7 Å². The Bertz CT molecular complexity index is 779. The van der Waals surface area contributed by atoms with Gasteiger partial charge in [0.05, 0.1) is 5.75 Å². The number of nitrogens with one attached hydrogen (secondary N) is 1. The molecule has 7 heteroatoms. The van der Waals surface area contributed by atoms with Crippen molar-refractivity contribution in [2.24, 2.45) is 0 Å². The minimum atomic E-state index is -0.298. The number of amides is 1. The Hall–Kier alpha value is -1.86.